The van der Waals surface area contributed by atoms with Gasteiger partial charge in [0.15, 0.2) is 0 Å². The van der Waals surface area contributed by atoms with Crippen molar-refractivity contribution in [3.05, 3.63) is 12.4 Å². The van der Waals surface area contributed by atoms with Gasteiger partial charge in [-0.15, -0.1) is 0 Å². The van der Waals surface area contributed by atoms with Crippen molar-refractivity contribution in [3.8, 4) is 0 Å². The van der Waals surface area contributed by atoms with E-state index in [1.54, 1.807) is 6.33 Å². The Hall–Kier alpha value is -1.36. The maximum atomic E-state index is 5.56. The van der Waals surface area contributed by atoms with E-state index >= 15 is 0 Å². The van der Waals surface area contributed by atoms with Gasteiger partial charge in [-0.25, -0.2) is 9.97 Å². The first-order valence-electron chi connectivity index (χ1n) is 6.43. The molecule has 4 N–H and O–H groups in total. The smallest absolute Gasteiger partial charge is 0.131 e. The van der Waals surface area contributed by atoms with Crippen molar-refractivity contribution in [3.63, 3.8) is 0 Å². The first kappa shape index (κ1) is 14.7. The Labute approximate surface area is 110 Å². The molecule has 1 heterocycles. The summed E-state index contributed by atoms with van der Waals surface area (Å²) in [5.41, 5.74) is 5.89. The summed E-state index contributed by atoms with van der Waals surface area (Å²) in [6, 6.07) is 2.12. The molecule has 0 aliphatic rings. The Morgan fingerprint density at radius 2 is 1.94 bits per heavy atom. The normalized spacial score (nSPS) is 13.2. The molecule has 1 aromatic heterocycles. The Morgan fingerprint density at radius 1 is 1.28 bits per heavy atom. The first-order chi connectivity index (χ1) is 8.40. The summed E-state index contributed by atoms with van der Waals surface area (Å²) < 4.78 is 0. The minimum atomic E-state index is 0.210. The fraction of sp³-hybridized carbons (Fsp3) is 0.692. The molecule has 5 heteroatoms. The topological polar surface area (TPSA) is 75.9 Å². The van der Waals surface area contributed by atoms with Gasteiger partial charge < -0.3 is 16.4 Å². The lowest BCUT2D eigenvalue weighted by atomic mass is 9.92. The zero-order valence-corrected chi connectivity index (χ0v) is 11.8. The molecule has 0 aromatic carbocycles. The summed E-state index contributed by atoms with van der Waals surface area (Å²) in [6.45, 7) is 10.2. The van der Waals surface area contributed by atoms with Crippen LogP contribution in [0.2, 0.25) is 0 Å². The van der Waals surface area contributed by atoms with Crippen molar-refractivity contribution < 1.29 is 0 Å². The molecular formula is C13H25N5. The molecule has 102 valence electrons. The van der Waals surface area contributed by atoms with Gasteiger partial charge in [-0.2, -0.15) is 0 Å². The van der Waals surface area contributed by atoms with Crippen molar-refractivity contribution in [1.82, 2.24) is 9.97 Å². The van der Waals surface area contributed by atoms with Crippen molar-refractivity contribution in [2.45, 2.75) is 40.2 Å². The molecule has 1 unspecified atom stereocenters. The van der Waals surface area contributed by atoms with E-state index in [1.165, 1.54) is 0 Å². The van der Waals surface area contributed by atoms with Gasteiger partial charge in [-0.1, -0.05) is 20.8 Å². The van der Waals surface area contributed by atoms with Crippen LogP contribution in [0.3, 0.4) is 0 Å². The predicted molar refractivity (Wildman–Crippen MR) is 76.7 cm³/mol. The van der Waals surface area contributed by atoms with Crippen molar-refractivity contribution in [2.24, 2.45) is 11.1 Å². The Morgan fingerprint density at radius 3 is 2.56 bits per heavy atom. The van der Waals surface area contributed by atoms with Gasteiger partial charge in [0.25, 0.3) is 0 Å². The van der Waals surface area contributed by atoms with Gasteiger partial charge in [-0.05, 0) is 18.8 Å². The molecule has 1 rings (SSSR count). The van der Waals surface area contributed by atoms with E-state index in [4.69, 9.17) is 5.73 Å². The van der Waals surface area contributed by atoms with E-state index in [0.29, 0.717) is 12.0 Å². The van der Waals surface area contributed by atoms with Crippen LogP contribution in [0.1, 0.15) is 34.1 Å². The molecule has 0 saturated carbocycles. The number of aromatic nitrogens is 2. The molecule has 0 aliphatic heterocycles. The third-order valence-electron chi connectivity index (χ3n) is 2.60. The number of anilines is 2. The average molecular weight is 251 g/mol. The Bertz CT molecular complexity index is 359. The molecule has 1 atom stereocenters. The lowest BCUT2D eigenvalue weighted by Gasteiger charge is -2.18. The molecule has 0 spiro atoms. The fourth-order valence-corrected chi connectivity index (χ4v) is 1.41. The molecule has 0 fully saturated rings. The number of hydrogen-bond donors (Lipinski definition) is 3. The van der Waals surface area contributed by atoms with Crippen molar-refractivity contribution in [2.75, 3.05) is 23.7 Å². The van der Waals surface area contributed by atoms with E-state index < -0.39 is 0 Å². The third kappa shape index (κ3) is 5.82. The molecule has 0 aliphatic carbocycles. The number of hydrogen-bond acceptors (Lipinski definition) is 5. The van der Waals surface area contributed by atoms with Crippen LogP contribution in [-0.2, 0) is 0 Å². The first-order valence-corrected chi connectivity index (χ1v) is 6.43. The van der Waals surface area contributed by atoms with Crippen LogP contribution in [0, 0.1) is 5.41 Å². The van der Waals surface area contributed by atoms with Crippen LogP contribution in [0.15, 0.2) is 12.4 Å². The molecule has 0 amide bonds. The maximum absolute atomic E-state index is 5.56. The fourth-order valence-electron chi connectivity index (χ4n) is 1.41. The van der Waals surface area contributed by atoms with Crippen molar-refractivity contribution >= 4 is 11.6 Å². The summed E-state index contributed by atoms with van der Waals surface area (Å²) in [5.74, 6) is 1.65. The standard InChI is InChI=1S/C13H25N5/c1-10(8-14)18-12-7-11(16-9-17-12)15-6-5-13(2,3)4/h7,9-10H,5-6,8,14H2,1-4H3,(H2,15,16,17,18). The van der Waals surface area contributed by atoms with Crippen LogP contribution in [0.25, 0.3) is 0 Å². The van der Waals surface area contributed by atoms with Gasteiger partial charge in [0.2, 0.25) is 0 Å². The quantitative estimate of drug-likeness (QED) is 0.721. The van der Waals surface area contributed by atoms with Crippen molar-refractivity contribution in [1.29, 1.82) is 0 Å². The minimum absolute atomic E-state index is 0.210. The molecule has 0 radical (unpaired) electrons. The summed E-state index contributed by atoms with van der Waals surface area (Å²) in [5, 5.41) is 6.53. The molecular weight excluding hydrogens is 226 g/mol. The molecule has 1 aromatic rings. The van der Waals surface area contributed by atoms with E-state index in [0.717, 1.165) is 24.6 Å². The highest BCUT2D eigenvalue weighted by atomic mass is 15.1. The average Bonchev–Trinajstić information content (AvgIpc) is 2.27. The van der Waals surface area contributed by atoms with Gasteiger partial charge in [0, 0.05) is 25.2 Å². The monoisotopic (exact) mass is 251 g/mol. The Balaban J connectivity index is 2.49. The zero-order valence-electron chi connectivity index (χ0n) is 11.8. The summed E-state index contributed by atoms with van der Waals surface area (Å²) in [4.78, 5) is 8.36. The van der Waals surface area contributed by atoms with Crippen LogP contribution in [0.5, 0.6) is 0 Å². The second kappa shape index (κ2) is 6.54. The molecule has 18 heavy (non-hydrogen) atoms. The van der Waals surface area contributed by atoms with Crippen LogP contribution in [0.4, 0.5) is 11.6 Å². The highest BCUT2D eigenvalue weighted by Gasteiger charge is 2.09. The highest BCUT2D eigenvalue weighted by molar-refractivity contribution is 5.46. The predicted octanol–water partition coefficient (Wildman–Crippen LogP) is 2.08. The molecule has 0 saturated heterocycles. The lowest BCUT2D eigenvalue weighted by Crippen LogP contribution is -2.25. The summed E-state index contributed by atoms with van der Waals surface area (Å²) in [6.07, 6.45) is 2.66. The van der Waals surface area contributed by atoms with Crippen LogP contribution in [-0.4, -0.2) is 29.1 Å². The van der Waals surface area contributed by atoms with Gasteiger partial charge in [0.05, 0.1) is 0 Å². The molecule has 5 nitrogen and oxygen atoms in total. The van der Waals surface area contributed by atoms with Crippen LogP contribution >= 0.6 is 0 Å². The van der Waals surface area contributed by atoms with Crippen LogP contribution < -0.4 is 16.4 Å². The second-order valence-corrected chi connectivity index (χ2v) is 5.81. The van der Waals surface area contributed by atoms with E-state index in [-0.39, 0.29) is 6.04 Å². The number of rotatable bonds is 6. The van der Waals surface area contributed by atoms with E-state index in [9.17, 15) is 0 Å². The zero-order chi connectivity index (χ0) is 13.6. The van der Waals surface area contributed by atoms with E-state index in [1.807, 2.05) is 13.0 Å². The van der Waals surface area contributed by atoms with Gasteiger partial charge in [-0.3, -0.25) is 0 Å². The number of nitrogens with two attached hydrogens (primary N) is 1. The highest BCUT2D eigenvalue weighted by Crippen LogP contribution is 2.18. The number of nitrogens with one attached hydrogen (secondary N) is 2. The second-order valence-electron chi connectivity index (χ2n) is 5.81. The minimum Gasteiger partial charge on any atom is -0.370 e. The maximum Gasteiger partial charge on any atom is 0.131 e. The van der Waals surface area contributed by atoms with Gasteiger partial charge >= 0.3 is 0 Å². The molecule has 0 bridgehead atoms. The largest absolute Gasteiger partial charge is 0.370 e. The lowest BCUT2D eigenvalue weighted by molar-refractivity contribution is 0.389. The van der Waals surface area contributed by atoms with E-state index in [2.05, 4.69) is 41.4 Å². The summed E-state index contributed by atoms with van der Waals surface area (Å²) in [7, 11) is 0. The van der Waals surface area contributed by atoms with Gasteiger partial charge in [0.1, 0.15) is 18.0 Å². The SMILES string of the molecule is CC(CN)Nc1cc(NCCC(C)(C)C)ncn1. The third-order valence-corrected chi connectivity index (χ3v) is 2.60. The Kier molecular flexibility index (Phi) is 5.34. The summed E-state index contributed by atoms with van der Waals surface area (Å²) >= 11 is 0. The number of nitrogens with zero attached hydrogens (tertiary/aromatic N) is 2.